The summed E-state index contributed by atoms with van der Waals surface area (Å²) in [4.78, 5) is 23.4. The van der Waals surface area contributed by atoms with Gasteiger partial charge in [-0.05, 0) is 18.3 Å². The summed E-state index contributed by atoms with van der Waals surface area (Å²) in [5, 5.41) is 12.0. The summed E-state index contributed by atoms with van der Waals surface area (Å²) in [6, 6.07) is 0. The third-order valence-electron chi connectivity index (χ3n) is 3.83. The zero-order chi connectivity index (χ0) is 13.8. The van der Waals surface area contributed by atoms with Gasteiger partial charge < -0.3 is 15.2 Å². The maximum atomic E-state index is 12.1. The Morgan fingerprint density at radius 2 is 2.05 bits per heavy atom. The SMILES string of the molecule is C=CCOCCNC(=O)[C@@H]1[C@@H](C(=O)O)[C@@H]2C=C[C@H]1C2. The molecule has 5 nitrogen and oxygen atoms in total. The van der Waals surface area contributed by atoms with E-state index in [0.29, 0.717) is 19.8 Å². The normalized spacial score (nSPS) is 31.4. The van der Waals surface area contributed by atoms with Crippen LogP contribution in [0.2, 0.25) is 0 Å². The molecule has 1 fully saturated rings. The average Bonchev–Trinajstić information content (AvgIpc) is 2.98. The highest BCUT2D eigenvalue weighted by atomic mass is 16.5. The van der Waals surface area contributed by atoms with Crippen LogP contribution < -0.4 is 5.32 Å². The van der Waals surface area contributed by atoms with Crippen LogP contribution in [0, 0.1) is 23.7 Å². The molecular weight excluding hydrogens is 246 g/mol. The van der Waals surface area contributed by atoms with Gasteiger partial charge in [-0.25, -0.2) is 0 Å². The summed E-state index contributed by atoms with van der Waals surface area (Å²) in [5.41, 5.74) is 0. The number of aliphatic carboxylic acids is 1. The molecule has 0 aliphatic heterocycles. The first kappa shape index (κ1) is 13.8. The highest BCUT2D eigenvalue weighted by Crippen LogP contribution is 2.48. The Morgan fingerprint density at radius 1 is 1.37 bits per heavy atom. The van der Waals surface area contributed by atoms with Crippen molar-refractivity contribution in [3.63, 3.8) is 0 Å². The topological polar surface area (TPSA) is 75.6 Å². The number of amides is 1. The van der Waals surface area contributed by atoms with Crippen molar-refractivity contribution in [3.05, 3.63) is 24.8 Å². The predicted molar refractivity (Wildman–Crippen MR) is 69.4 cm³/mol. The molecule has 2 N–H and O–H groups in total. The molecule has 1 amide bonds. The number of allylic oxidation sites excluding steroid dienone is 2. The van der Waals surface area contributed by atoms with Crippen molar-refractivity contribution in [2.75, 3.05) is 19.8 Å². The van der Waals surface area contributed by atoms with Crippen LogP contribution in [0.1, 0.15) is 6.42 Å². The molecule has 0 saturated heterocycles. The fourth-order valence-electron chi connectivity index (χ4n) is 3.05. The van der Waals surface area contributed by atoms with Gasteiger partial charge in [0.2, 0.25) is 5.91 Å². The van der Waals surface area contributed by atoms with Crippen LogP contribution in [0.4, 0.5) is 0 Å². The highest BCUT2D eigenvalue weighted by Gasteiger charge is 2.51. The van der Waals surface area contributed by atoms with Crippen LogP contribution in [-0.4, -0.2) is 36.7 Å². The second-order valence-electron chi connectivity index (χ2n) is 4.99. The lowest BCUT2D eigenvalue weighted by atomic mass is 9.82. The third kappa shape index (κ3) is 2.87. The van der Waals surface area contributed by atoms with Crippen LogP contribution in [-0.2, 0) is 14.3 Å². The smallest absolute Gasteiger partial charge is 0.307 e. The van der Waals surface area contributed by atoms with Crippen LogP contribution in [0.3, 0.4) is 0 Å². The number of hydrogen-bond acceptors (Lipinski definition) is 3. The zero-order valence-electron chi connectivity index (χ0n) is 10.7. The van der Waals surface area contributed by atoms with Gasteiger partial charge in [0.25, 0.3) is 0 Å². The van der Waals surface area contributed by atoms with Gasteiger partial charge in [-0.15, -0.1) is 6.58 Å². The molecule has 0 aromatic heterocycles. The largest absolute Gasteiger partial charge is 0.481 e. The fraction of sp³-hybridized carbons (Fsp3) is 0.571. The van der Waals surface area contributed by atoms with Gasteiger partial charge in [0.05, 0.1) is 25.0 Å². The minimum absolute atomic E-state index is 0.00951. The van der Waals surface area contributed by atoms with Crippen molar-refractivity contribution < 1.29 is 19.4 Å². The van der Waals surface area contributed by atoms with Crippen molar-refractivity contribution in [1.29, 1.82) is 0 Å². The Morgan fingerprint density at radius 3 is 2.68 bits per heavy atom. The predicted octanol–water partition coefficient (Wildman–Crippen LogP) is 0.828. The zero-order valence-corrected chi connectivity index (χ0v) is 10.7. The Kier molecular flexibility index (Phi) is 4.37. The van der Waals surface area contributed by atoms with Crippen molar-refractivity contribution in [1.82, 2.24) is 5.32 Å². The van der Waals surface area contributed by atoms with E-state index in [4.69, 9.17) is 4.74 Å². The second kappa shape index (κ2) is 6.02. The summed E-state index contributed by atoms with van der Waals surface area (Å²) in [6.07, 6.45) is 6.33. The van der Waals surface area contributed by atoms with Crippen LogP contribution in [0.5, 0.6) is 0 Å². The molecule has 5 heteroatoms. The van der Waals surface area contributed by atoms with E-state index in [1.165, 1.54) is 0 Å². The standard InChI is InChI=1S/C14H19NO4/c1-2-6-19-7-5-15-13(16)11-9-3-4-10(8-9)12(11)14(17)18/h2-4,9-12H,1,5-8H2,(H,15,16)(H,17,18)/t9-,10+,11-,12-/m0/s1. The first-order valence-electron chi connectivity index (χ1n) is 6.52. The van der Waals surface area contributed by atoms with Gasteiger partial charge in [-0.3, -0.25) is 9.59 Å². The number of fused-ring (bicyclic) bond motifs is 2. The quantitative estimate of drug-likeness (QED) is 0.528. The summed E-state index contributed by atoms with van der Waals surface area (Å²) in [5.74, 6) is -1.99. The molecule has 104 valence electrons. The maximum absolute atomic E-state index is 12.1. The molecule has 2 rings (SSSR count). The van der Waals surface area contributed by atoms with Crippen LogP contribution in [0.25, 0.3) is 0 Å². The van der Waals surface area contributed by atoms with Gasteiger partial charge in [0, 0.05) is 6.54 Å². The maximum Gasteiger partial charge on any atom is 0.307 e. The Labute approximate surface area is 112 Å². The Balaban J connectivity index is 1.86. The Bertz CT molecular complexity index is 404. The number of carbonyl (C=O) groups excluding carboxylic acids is 1. The lowest BCUT2D eigenvalue weighted by molar-refractivity contribution is -0.147. The molecule has 0 heterocycles. The molecule has 2 bridgehead atoms. The first-order chi connectivity index (χ1) is 9.15. The van der Waals surface area contributed by atoms with Crippen LogP contribution >= 0.6 is 0 Å². The number of carboxylic acid groups (broad SMARTS) is 1. The molecule has 2 aliphatic carbocycles. The third-order valence-corrected chi connectivity index (χ3v) is 3.83. The van der Waals surface area contributed by atoms with Crippen molar-refractivity contribution in [2.45, 2.75) is 6.42 Å². The van der Waals surface area contributed by atoms with E-state index in [1.807, 2.05) is 12.2 Å². The highest BCUT2D eigenvalue weighted by molar-refractivity contribution is 5.86. The van der Waals surface area contributed by atoms with E-state index in [1.54, 1.807) is 6.08 Å². The second-order valence-corrected chi connectivity index (χ2v) is 4.99. The van der Waals surface area contributed by atoms with Gasteiger partial charge in [-0.1, -0.05) is 18.2 Å². The summed E-state index contributed by atoms with van der Waals surface area (Å²) >= 11 is 0. The Hall–Kier alpha value is -1.62. The lowest BCUT2D eigenvalue weighted by Gasteiger charge is -2.23. The number of carbonyl (C=O) groups is 2. The molecule has 1 saturated carbocycles. The number of nitrogens with one attached hydrogen (secondary N) is 1. The monoisotopic (exact) mass is 265 g/mol. The van der Waals surface area contributed by atoms with E-state index in [2.05, 4.69) is 11.9 Å². The number of carboxylic acids is 1. The number of ether oxygens (including phenoxy) is 1. The lowest BCUT2D eigenvalue weighted by Crippen LogP contribution is -2.41. The van der Waals surface area contributed by atoms with E-state index in [0.717, 1.165) is 6.42 Å². The van der Waals surface area contributed by atoms with E-state index >= 15 is 0 Å². The summed E-state index contributed by atoms with van der Waals surface area (Å²) < 4.78 is 5.17. The summed E-state index contributed by atoms with van der Waals surface area (Å²) in [6.45, 7) is 4.78. The van der Waals surface area contributed by atoms with Crippen molar-refractivity contribution in [3.8, 4) is 0 Å². The molecule has 0 aromatic carbocycles. The molecule has 2 aliphatic rings. The van der Waals surface area contributed by atoms with E-state index < -0.39 is 17.8 Å². The number of hydrogen-bond donors (Lipinski definition) is 2. The van der Waals surface area contributed by atoms with Gasteiger partial charge in [0.1, 0.15) is 0 Å². The van der Waals surface area contributed by atoms with Crippen molar-refractivity contribution >= 4 is 11.9 Å². The molecule has 19 heavy (non-hydrogen) atoms. The number of rotatable bonds is 7. The molecule has 0 unspecified atom stereocenters. The molecular formula is C14H19NO4. The average molecular weight is 265 g/mol. The van der Waals surface area contributed by atoms with Gasteiger partial charge in [0.15, 0.2) is 0 Å². The molecule has 0 radical (unpaired) electrons. The minimum atomic E-state index is -0.875. The molecule has 4 atom stereocenters. The van der Waals surface area contributed by atoms with E-state index in [9.17, 15) is 14.7 Å². The van der Waals surface area contributed by atoms with Gasteiger partial charge in [-0.2, -0.15) is 0 Å². The first-order valence-corrected chi connectivity index (χ1v) is 6.52. The molecule has 0 aromatic rings. The van der Waals surface area contributed by atoms with E-state index in [-0.39, 0.29) is 17.7 Å². The summed E-state index contributed by atoms with van der Waals surface area (Å²) in [7, 11) is 0. The van der Waals surface area contributed by atoms with Crippen LogP contribution in [0.15, 0.2) is 24.8 Å². The fourth-order valence-corrected chi connectivity index (χ4v) is 3.05. The molecule has 0 spiro atoms. The van der Waals surface area contributed by atoms with Gasteiger partial charge >= 0.3 is 5.97 Å². The minimum Gasteiger partial charge on any atom is -0.481 e. The van der Waals surface area contributed by atoms with Crippen molar-refractivity contribution in [2.24, 2.45) is 23.7 Å².